The van der Waals surface area contributed by atoms with E-state index < -0.39 is 0 Å². The summed E-state index contributed by atoms with van der Waals surface area (Å²) in [7, 11) is 0. The Hall–Kier alpha value is -1.44. The third kappa shape index (κ3) is 4.31. The highest BCUT2D eigenvalue weighted by atomic mass is 79.9. The minimum Gasteiger partial charge on any atom is -0.321 e. The van der Waals surface area contributed by atoms with Crippen molar-refractivity contribution in [2.75, 3.05) is 18.4 Å². The van der Waals surface area contributed by atoms with Gasteiger partial charge in [-0.1, -0.05) is 21.1 Å². The zero-order chi connectivity index (χ0) is 15.5. The van der Waals surface area contributed by atoms with Crippen LogP contribution in [0.5, 0.6) is 0 Å². The van der Waals surface area contributed by atoms with E-state index in [1.54, 1.807) is 6.20 Å². The molecule has 1 aliphatic heterocycles. The van der Waals surface area contributed by atoms with E-state index in [-0.39, 0.29) is 18.3 Å². The van der Waals surface area contributed by atoms with Crippen LogP contribution in [0.2, 0.25) is 0 Å². The third-order valence-electron chi connectivity index (χ3n) is 3.84. The van der Waals surface area contributed by atoms with E-state index in [1.807, 2.05) is 29.8 Å². The van der Waals surface area contributed by atoms with Crippen molar-refractivity contribution in [3.63, 3.8) is 0 Å². The van der Waals surface area contributed by atoms with Gasteiger partial charge in [0.05, 0.1) is 12.2 Å². The quantitative estimate of drug-likeness (QED) is 0.831. The third-order valence-corrected chi connectivity index (χ3v) is 4.73. The number of nitrogens with one attached hydrogen (secondary N) is 2. The summed E-state index contributed by atoms with van der Waals surface area (Å²) in [5.41, 5.74) is 2.16. The molecule has 0 spiro atoms. The van der Waals surface area contributed by atoms with Crippen molar-refractivity contribution in [3.05, 3.63) is 40.1 Å². The highest BCUT2D eigenvalue weighted by molar-refractivity contribution is 9.10. The average molecular weight is 401 g/mol. The molecule has 1 saturated heterocycles. The molecule has 23 heavy (non-hydrogen) atoms. The van der Waals surface area contributed by atoms with Crippen molar-refractivity contribution in [3.8, 4) is 0 Å². The molecule has 0 saturated carbocycles. The standard InChI is InChI=1S/C15H18BrN5O.ClH/c1-10-8-11(2-3-13(10)16)18-15(22)14-9-21(20-19-14)12-4-6-17-7-5-12;/h2-3,8-9,12,17H,4-7H2,1H3,(H,18,22);1H. The fourth-order valence-electron chi connectivity index (χ4n) is 2.55. The number of carbonyl (C=O) groups is 1. The zero-order valence-corrected chi connectivity index (χ0v) is 15.2. The van der Waals surface area contributed by atoms with Crippen LogP contribution in [0.15, 0.2) is 28.9 Å². The monoisotopic (exact) mass is 399 g/mol. The molecule has 1 aliphatic rings. The number of amides is 1. The lowest BCUT2D eigenvalue weighted by atomic mass is 10.1. The Labute approximate surface area is 149 Å². The molecule has 1 amide bonds. The predicted molar refractivity (Wildman–Crippen MR) is 95.2 cm³/mol. The molecule has 2 aromatic rings. The smallest absolute Gasteiger partial charge is 0.277 e. The van der Waals surface area contributed by atoms with Gasteiger partial charge in [0.1, 0.15) is 0 Å². The van der Waals surface area contributed by atoms with Crippen LogP contribution in [0.1, 0.15) is 34.9 Å². The second-order valence-electron chi connectivity index (χ2n) is 5.48. The van der Waals surface area contributed by atoms with Gasteiger partial charge < -0.3 is 10.6 Å². The first-order valence-electron chi connectivity index (χ1n) is 7.33. The summed E-state index contributed by atoms with van der Waals surface area (Å²) in [6, 6.07) is 6.01. The number of piperidine rings is 1. The molecule has 2 N–H and O–H groups in total. The summed E-state index contributed by atoms with van der Waals surface area (Å²) in [6.07, 6.45) is 3.75. The minimum absolute atomic E-state index is 0. The van der Waals surface area contributed by atoms with E-state index in [0.717, 1.165) is 41.7 Å². The Morgan fingerprint density at radius 1 is 1.39 bits per heavy atom. The highest BCUT2D eigenvalue weighted by Gasteiger charge is 2.18. The van der Waals surface area contributed by atoms with Gasteiger partial charge >= 0.3 is 0 Å². The van der Waals surface area contributed by atoms with E-state index in [2.05, 4.69) is 36.9 Å². The van der Waals surface area contributed by atoms with E-state index in [4.69, 9.17) is 0 Å². The van der Waals surface area contributed by atoms with Gasteiger partial charge in [-0.2, -0.15) is 0 Å². The summed E-state index contributed by atoms with van der Waals surface area (Å²) in [5, 5.41) is 14.3. The summed E-state index contributed by atoms with van der Waals surface area (Å²) < 4.78 is 2.82. The van der Waals surface area contributed by atoms with E-state index in [9.17, 15) is 4.79 Å². The summed E-state index contributed by atoms with van der Waals surface area (Å²) in [4.78, 5) is 12.3. The number of anilines is 1. The number of hydrogen-bond acceptors (Lipinski definition) is 4. The second-order valence-corrected chi connectivity index (χ2v) is 6.34. The highest BCUT2D eigenvalue weighted by Crippen LogP contribution is 2.21. The maximum Gasteiger partial charge on any atom is 0.277 e. The molecule has 3 rings (SSSR count). The molecular weight excluding hydrogens is 382 g/mol. The summed E-state index contributed by atoms with van der Waals surface area (Å²) >= 11 is 3.44. The number of nitrogens with zero attached hydrogens (tertiary/aromatic N) is 3. The van der Waals surface area contributed by atoms with Crippen LogP contribution in [0.25, 0.3) is 0 Å². The van der Waals surface area contributed by atoms with Crippen molar-refractivity contribution >= 4 is 39.9 Å². The molecule has 1 fully saturated rings. The van der Waals surface area contributed by atoms with Gasteiger partial charge in [-0.05, 0) is 56.6 Å². The lowest BCUT2D eigenvalue weighted by molar-refractivity contribution is 0.102. The molecule has 8 heteroatoms. The number of benzene rings is 1. The number of hydrogen-bond donors (Lipinski definition) is 2. The zero-order valence-electron chi connectivity index (χ0n) is 12.8. The number of aryl methyl sites for hydroxylation is 1. The Balaban J connectivity index is 0.00000192. The van der Waals surface area contributed by atoms with Crippen LogP contribution in [-0.4, -0.2) is 34.0 Å². The fourth-order valence-corrected chi connectivity index (χ4v) is 2.79. The van der Waals surface area contributed by atoms with Crippen LogP contribution in [-0.2, 0) is 0 Å². The van der Waals surface area contributed by atoms with Crippen LogP contribution in [0.3, 0.4) is 0 Å². The molecule has 0 radical (unpaired) electrons. The first-order valence-corrected chi connectivity index (χ1v) is 8.13. The van der Waals surface area contributed by atoms with Gasteiger partial charge in [-0.25, -0.2) is 4.68 Å². The molecule has 6 nitrogen and oxygen atoms in total. The van der Waals surface area contributed by atoms with Crippen LogP contribution >= 0.6 is 28.3 Å². The van der Waals surface area contributed by atoms with Gasteiger partial charge in [0.25, 0.3) is 5.91 Å². The lowest BCUT2D eigenvalue weighted by Crippen LogP contribution is -2.29. The predicted octanol–water partition coefficient (Wildman–Crippen LogP) is 2.95. The van der Waals surface area contributed by atoms with Crippen LogP contribution < -0.4 is 10.6 Å². The molecule has 0 bridgehead atoms. The van der Waals surface area contributed by atoms with Crippen molar-refractivity contribution in [2.24, 2.45) is 0 Å². The topological polar surface area (TPSA) is 71.8 Å². The maximum absolute atomic E-state index is 12.3. The van der Waals surface area contributed by atoms with Gasteiger partial charge in [-0.3, -0.25) is 4.79 Å². The summed E-state index contributed by atoms with van der Waals surface area (Å²) in [5.74, 6) is -0.234. The fraction of sp³-hybridized carbons (Fsp3) is 0.400. The van der Waals surface area contributed by atoms with Crippen molar-refractivity contribution < 1.29 is 4.79 Å². The van der Waals surface area contributed by atoms with Gasteiger partial charge in [0, 0.05) is 10.2 Å². The Morgan fingerprint density at radius 2 is 2.13 bits per heavy atom. The number of aromatic nitrogens is 3. The molecule has 1 aromatic heterocycles. The molecule has 0 aliphatic carbocycles. The Bertz CT molecular complexity index is 684. The van der Waals surface area contributed by atoms with Gasteiger partial charge in [-0.15, -0.1) is 17.5 Å². The van der Waals surface area contributed by atoms with Crippen molar-refractivity contribution in [1.82, 2.24) is 20.3 Å². The number of carbonyl (C=O) groups excluding carboxylic acids is 1. The largest absolute Gasteiger partial charge is 0.321 e. The molecule has 1 aromatic carbocycles. The molecule has 0 unspecified atom stereocenters. The normalized spacial score (nSPS) is 15.0. The maximum atomic E-state index is 12.3. The van der Waals surface area contributed by atoms with Crippen LogP contribution in [0.4, 0.5) is 5.69 Å². The van der Waals surface area contributed by atoms with Gasteiger partial charge in [0.2, 0.25) is 0 Å². The minimum atomic E-state index is -0.234. The number of rotatable bonds is 3. The van der Waals surface area contributed by atoms with E-state index in [0.29, 0.717) is 11.7 Å². The van der Waals surface area contributed by atoms with Crippen molar-refractivity contribution in [2.45, 2.75) is 25.8 Å². The Kier molecular flexibility index (Phi) is 6.15. The van der Waals surface area contributed by atoms with Crippen LogP contribution in [0, 0.1) is 6.92 Å². The van der Waals surface area contributed by atoms with Crippen molar-refractivity contribution in [1.29, 1.82) is 0 Å². The average Bonchev–Trinajstić information content (AvgIpc) is 3.02. The lowest BCUT2D eigenvalue weighted by Gasteiger charge is -2.22. The molecule has 0 atom stereocenters. The first-order chi connectivity index (χ1) is 10.6. The van der Waals surface area contributed by atoms with E-state index >= 15 is 0 Å². The SMILES string of the molecule is Cc1cc(NC(=O)c2cn(C3CCNCC3)nn2)ccc1Br.Cl. The molecule has 124 valence electrons. The van der Waals surface area contributed by atoms with Gasteiger partial charge in [0.15, 0.2) is 5.69 Å². The second kappa shape index (κ2) is 7.90. The molecule has 2 heterocycles. The Morgan fingerprint density at radius 3 is 2.83 bits per heavy atom. The molecular formula is C15H19BrClN5O. The first kappa shape index (κ1) is 17.9. The number of halogens is 2. The van der Waals surface area contributed by atoms with E-state index in [1.165, 1.54) is 0 Å². The summed E-state index contributed by atoms with van der Waals surface area (Å²) in [6.45, 7) is 3.93.